The van der Waals surface area contributed by atoms with Gasteiger partial charge in [0.25, 0.3) is 5.22 Å². The zero-order chi connectivity index (χ0) is 14.7. The largest absolute Gasteiger partial charge is 0.480 e. The fourth-order valence-electron chi connectivity index (χ4n) is 1.57. The number of hydrogen-bond donors (Lipinski definition) is 3. The lowest BCUT2D eigenvalue weighted by Crippen LogP contribution is -2.34. The molecule has 0 aliphatic heterocycles. The van der Waals surface area contributed by atoms with E-state index >= 15 is 0 Å². The average Bonchev–Trinajstić information content (AvgIpc) is 2.78. The monoisotopic (exact) mass is 316 g/mol. The molecule has 20 heavy (non-hydrogen) atoms. The average molecular weight is 317 g/mol. The smallest absolute Gasteiger partial charge is 0.320 e. The van der Waals surface area contributed by atoms with Crippen LogP contribution in [0.2, 0.25) is 5.02 Å². The highest BCUT2D eigenvalue weighted by Gasteiger charge is 2.18. The summed E-state index contributed by atoms with van der Waals surface area (Å²) in [4.78, 5) is 14.8. The van der Waals surface area contributed by atoms with Gasteiger partial charge in [-0.1, -0.05) is 23.4 Å². The third-order valence-electron chi connectivity index (χ3n) is 2.57. The second kappa shape index (κ2) is 6.45. The molecule has 2 atom stereocenters. The van der Waals surface area contributed by atoms with Crippen LogP contribution < -0.4 is 5.73 Å². The number of aromatic nitrogens is 1. The number of carbonyl (C=O) groups is 1. The fraction of sp³-hybridized carbons (Fsp3) is 0.333. The summed E-state index contributed by atoms with van der Waals surface area (Å²) >= 11 is 7.03. The number of benzene rings is 1. The molecule has 0 amide bonds. The third-order valence-corrected chi connectivity index (χ3v) is 3.78. The Morgan fingerprint density at radius 3 is 3.00 bits per heavy atom. The van der Waals surface area contributed by atoms with Crippen molar-refractivity contribution in [3.8, 4) is 0 Å². The Morgan fingerprint density at radius 2 is 2.30 bits per heavy atom. The quantitative estimate of drug-likeness (QED) is 0.696. The van der Waals surface area contributed by atoms with Crippen molar-refractivity contribution in [2.75, 3.05) is 5.75 Å². The molecule has 1 aromatic carbocycles. The van der Waals surface area contributed by atoms with E-state index in [0.717, 1.165) is 0 Å². The molecule has 2 rings (SSSR count). The molecule has 1 heterocycles. The number of hydrogen-bond acceptors (Lipinski definition) is 6. The van der Waals surface area contributed by atoms with Gasteiger partial charge in [0.1, 0.15) is 11.6 Å². The van der Waals surface area contributed by atoms with Crippen LogP contribution in [0.15, 0.2) is 27.8 Å². The number of nitrogens with zero attached hydrogens (tertiary/aromatic N) is 1. The highest BCUT2D eigenvalue weighted by atomic mass is 35.5. The van der Waals surface area contributed by atoms with Crippen LogP contribution in [0.25, 0.3) is 11.1 Å². The van der Waals surface area contributed by atoms with Gasteiger partial charge in [-0.05, 0) is 18.6 Å². The maximum absolute atomic E-state index is 10.6. The minimum absolute atomic E-state index is 0.0195. The van der Waals surface area contributed by atoms with Gasteiger partial charge in [0.15, 0.2) is 5.58 Å². The molecule has 0 aliphatic carbocycles. The van der Waals surface area contributed by atoms with Gasteiger partial charge >= 0.3 is 5.97 Å². The van der Waals surface area contributed by atoms with Crippen LogP contribution >= 0.6 is 23.4 Å². The second-order valence-electron chi connectivity index (χ2n) is 4.24. The number of oxazole rings is 1. The number of thioether (sulfide) groups is 1. The Hall–Kier alpha value is -1.28. The molecule has 0 saturated carbocycles. The number of aliphatic hydroxyl groups is 1. The van der Waals surface area contributed by atoms with E-state index in [-0.39, 0.29) is 12.2 Å². The minimum atomic E-state index is -1.13. The number of carboxylic acid groups (broad SMARTS) is 1. The van der Waals surface area contributed by atoms with E-state index in [2.05, 4.69) is 4.98 Å². The fourth-order valence-corrected chi connectivity index (χ4v) is 2.51. The van der Waals surface area contributed by atoms with Crippen LogP contribution in [0.3, 0.4) is 0 Å². The molecule has 0 aliphatic rings. The Morgan fingerprint density at radius 1 is 1.55 bits per heavy atom. The summed E-state index contributed by atoms with van der Waals surface area (Å²) in [5, 5.41) is 19.3. The van der Waals surface area contributed by atoms with E-state index in [9.17, 15) is 9.90 Å². The second-order valence-corrected chi connectivity index (χ2v) is 5.64. The van der Waals surface area contributed by atoms with Crippen molar-refractivity contribution in [3.63, 3.8) is 0 Å². The maximum Gasteiger partial charge on any atom is 0.320 e. The first-order valence-electron chi connectivity index (χ1n) is 5.81. The predicted octanol–water partition coefficient (Wildman–Crippen LogP) is 1.74. The van der Waals surface area contributed by atoms with Crippen LogP contribution in [0.4, 0.5) is 0 Å². The molecule has 0 saturated heterocycles. The summed E-state index contributed by atoms with van der Waals surface area (Å²) in [7, 11) is 0. The summed E-state index contributed by atoms with van der Waals surface area (Å²) in [6, 6.07) is 4.03. The SMILES string of the molecule is NC(CC(O)CSc1nc2ccc(Cl)cc2o1)C(=O)O. The van der Waals surface area contributed by atoms with Gasteiger partial charge in [-0.3, -0.25) is 4.79 Å². The van der Waals surface area contributed by atoms with E-state index in [0.29, 0.717) is 21.3 Å². The third kappa shape index (κ3) is 3.86. The number of fused-ring (bicyclic) bond motifs is 1. The van der Waals surface area contributed by atoms with E-state index in [4.69, 9.17) is 26.9 Å². The van der Waals surface area contributed by atoms with E-state index < -0.39 is 18.1 Å². The zero-order valence-corrected chi connectivity index (χ0v) is 11.9. The number of halogens is 1. The van der Waals surface area contributed by atoms with E-state index in [1.807, 2.05) is 0 Å². The molecule has 0 bridgehead atoms. The van der Waals surface area contributed by atoms with Crippen LogP contribution in [-0.2, 0) is 4.79 Å². The van der Waals surface area contributed by atoms with Gasteiger partial charge in [0.05, 0.1) is 6.10 Å². The maximum atomic E-state index is 10.6. The van der Waals surface area contributed by atoms with Crippen LogP contribution in [-0.4, -0.2) is 39.1 Å². The van der Waals surface area contributed by atoms with Gasteiger partial charge < -0.3 is 20.4 Å². The van der Waals surface area contributed by atoms with Crippen molar-refractivity contribution >= 4 is 40.4 Å². The molecule has 0 spiro atoms. The minimum Gasteiger partial charge on any atom is -0.480 e. The Balaban J connectivity index is 1.93. The number of carboxylic acids is 1. The highest BCUT2D eigenvalue weighted by Crippen LogP contribution is 2.26. The van der Waals surface area contributed by atoms with Gasteiger partial charge in [-0.15, -0.1) is 0 Å². The lowest BCUT2D eigenvalue weighted by molar-refractivity contribution is -0.139. The van der Waals surface area contributed by atoms with Gasteiger partial charge in [0, 0.05) is 16.8 Å². The Bertz CT molecular complexity index is 619. The molecule has 0 fully saturated rings. The molecule has 8 heteroatoms. The standard InChI is InChI=1S/C12H13ClN2O4S/c13-6-1-2-9-10(3-6)19-12(15-9)20-5-7(16)4-8(14)11(17)18/h1-3,7-8,16H,4-5,14H2,(H,17,18). The first kappa shape index (κ1) is 15.1. The van der Waals surface area contributed by atoms with Crippen LogP contribution in [0.1, 0.15) is 6.42 Å². The van der Waals surface area contributed by atoms with Crippen molar-refractivity contribution in [1.82, 2.24) is 4.98 Å². The molecule has 4 N–H and O–H groups in total. The van der Waals surface area contributed by atoms with E-state index in [1.54, 1.807) is 18.2 Å². The van der Waals surface area contributed by atoms with Gasteiger partial charge in [0.2, 0.25) is 0 Å². The van der Waals surface area contributed by atoms with Crippen LogP contribution in [0, 0.1) is 0 Å². The predicted molar refractivity (Wildman–Crippen MR) is 76.0 cm³/mol. The summed E-state index contributed by atoms with van der Waals surface area (Å²) < 4.78 is 5.46. The van der Waals surface area contributed by atoms with Crippen molar-refractivity contribution in [1.29, 1.82) is 0 Å². The normalized spacial score (nSPS) is 14.3. The molecule has 0 radical (unpaired) electrons. The summed E-state index contributed by atoms with van der Waals surface area (Å²) in [6.07, 6.45) is -0.862. The van der Waals surface area contributed by atoms with Crippen LogP contribution in [0.5, 0.6) is 0 Å². The van der Waals surface area contributed by atoms with Gasteiger partial charge in [-0.2, -0.15) is 0 Å². The molecule has 2 unspecified atom stereocenters. The van der Waals surface area contributed by atoms with Crippen molar-refractivity contribution in [2.24, 2.45) is 5.73 Å². The van der Waals surface area contributed by atoms with Gasteiger partial charge in [-0.25, -0.2) is 4.98 Å². The lowest BCUT2D eigenvalue weighted by Gasteiger charge is -2.11. The number of nitrogens with two attached hydrogens (primary N) is 1. The first-order chi connectivity index (χ1) is 9.45. The topological polar surface area (TPSA) is 110 Å². The number of aliphatic hydroxyl groups excluding tert-OH is 1. The van der Waals surface area contributed by atoms with Crippen molar-refractivity contribution in [2.45, 2.75) is 23.8 Å². The zero-order valence-electron chi connectivity index (χ0n) is 10.3. The summed E-state index contributed by atoms with van der Waals surface area (Å²) in [6.45, 7) is 0. The van der Waals surface area contributed by atoms with E-state index in [1.165, 1.54) is 11.8 Å². The number of rotatable bonds is 6. The summed E-state index contributed by atoms with van der Waals surface area (Å²) in [5.74, 6) is -0.882. The molecular weight excluding hydrogens is 304 g/mol. The highest BCUT2D eigenvalue weighted by molar-refractivity contribution is 7.99. The molecule has 108 valence electrons. The summed E-state index contributed by atoms with van der Waals surface area (Å²) in [5.41, 5.74) is 6.58. The Kier molecular flexibility index (Phi) is 4.87. The molecule has 2 aromatic rings. The first-order valence-corrected chi connectivity index (χ1v) is 7.17. The molecular formula is C12H13ClN2O4S. The Labute approximate surface area is 123 Å². The lowest BCUT2D eigenvalue weighted by atomic mass is 10.1. The molecule has 1 aromatic heterocycles. The van der Waals surface area contributed by atoms with Crippen molar-refractivity contribution in [3.05, 3.63) is 23.2 Å². The van der Waals surface area contributed by atoms with Crippen molar-refractivity contribution < 1.29 is 19.4 Å². The number of aliphatic carboxylic acids is 1. The molecule has 6 nitrogen and oxygen atoms in total.